The number of nitrogens with one attached hydrogen (secondary N) is 1. The Balaban J connectivity index is 1.41. The van der Waals surface area contributed by atoms with Crippen LogP contribution in [0.25, 0.3) is 10.9 Å². The molecule has 168 valence electrons. The molecule has 3 aromatic rings. The van der Waals surface area contributed by atoms with Crippen molar-refractivity contribution >= 4 is 33.9 Å². The second kappa shape index (κ2) is 8.94. The van der Waals surface area contributed by atoms with Gasteiger partial charge in [0.15, 0.2) is 0 Å². The van der Waals surface area contributed by atoms with E-state index in [1.54, 1.807) is 0 Å². The first-order chi connectivity index (χ1) is 15.6. The van der Waals surface area contributed by atoms with Gasteiger partial charge in [0, 0.05) is 74.5 Å². The number of hydrogen-bond donors (Lipinski definition) is 1. The maximum Gasteiger partial charge on any atom is 0.227 e. The second-order valence-corrected chi connectivity index (χ2v) is 9.47. The molecule has 2 heterocycles. The van der Waals surface area contributed by atoms with Gasteiger partial charge in [-0.2, -0.15) is 0 Å². The third-order valence-electron chi connectivity index (χ3n) is 7.01. The summed E-state index contributed by atoms with van der Waals surface area (Å²) >= 11 is 0. The van der Waals surface area contributed by atoms with Crippen LogP contribution in [0.5, 0.6) is 0 Å². The first kappa shape index (κ1) is 21.0. The minimum atomic E-state index is 0.585. The summed E-state index contributed by atoms with van der Waals surface area (Å²) in [4.78, 5) is 16.7. The molecule has 1 N–H and O–H groups in total. The summed E-state index contributed by atoms with van der Waals surface area (Å²) in [5.41, 5.74) is 6.07. The number of hydrogen-bond acceptors (Lipinski definition) is 6. The number of rotatable bonds is 5. The van der Waals surface area contributed by atoms with E-state index in [0.717, 1.165) is 42.8 Å². The Morgan fingerprint density at radius 1 is 0.938 bits per heavy atom. The molecule has 5 rings (SSSR count). The van der Waals surface area contributed by atoms with Crippen LogP contribution < -0.4 is 15.1 Å². The largest absolute Gasteiger partial charge is 0.377 e. The average molecular weight is 431 g/mol. The monoisotopic (exact) mass is 430 g/mol. The Morgan fingerprint density at radius 3 is 2.34 bits per heavy atom. The van der Waals surface area contributed by atoms with Crippen molar-refractivity contribution in [3.63, 3.8) is 0 Å². The van der Waals surface area contributed by atoms with Crippen molar-refractivity contribution in [3.05, 3.63) is 48.2 Å². The summed E-state index contributed by atoms with van der Waals surface area (Å²) < 4.78 is 0. The van der Waals surface area contributed by atoms with Gasteiger partial charge in [-0.05, 0) is 62.2 Å². The van der Waals surface area contributed by atoms with Gasteiger partial charge in [0.1, 0.15) is 0 Å². The van der Waals surface area contributed by atoms with Crippen LogP contribution >= 0.6 is 0 Å². The first-order valence-electron chi connectivity index (χ1n) is 11.9. The number of nitrogens with zero attached hydrogens (tertiary/aromatic N) is 5. The standard InChI is InChI=1S/C26H34N6/c1-30(2)23-13-8-20-18-27-26(29-25(20)24(23)19-6-4-5-7-19)28-21-9-11-22(12-10-21)32-16-14-31(3)15-17-32/h8-13,18-19H,4-7,14-17H2,1-3H3,(H,27,28,29). The highest BCUT2D eigenvalue weighted by atomic mass is 15.2. The molecule has 0 amide bonds. The maximum atomic E-state index is 5.01. The zero-order valence-electron chi connectivity index (χ0n) is 19.5. The molecule has 6 nitrogen and oxygen atoms in total. The number of fused-ring (bicyclic) bond motifs is 1. The normalized spacial score (nSPS) is 17.8. The maximum absolute atomic E-state index is 5.01. The summed E-state index contributed by atoms with van der Waals surface area (Å²) in [5, 5.41) is 4.56. The van der Waals surface area contributed by atoms with Gasteiger partial charge in [-0.25, -0.2) is 9.97 Å². The Kier molecular flexibility index (Phi) is 5.87. The van der Waals surface area contributed by atoms with Crippen molar-refractivity contribution < 1.29 is 0 Å². The zero-order valence-corrected chi connectivity index (χ0v) is 19.5. The van der Waals surface area contributed by atoms with E-state index in [1.165, 1.54) is 42.6 Å². The van der Waals surface area contributed by atoms with E-state index in [4.69, 9.17) is 4.98 Å². The zero-order chi connectivity index (χ0) is 22.1. The van der Waals surface area contributed by atoms with Crippen molar-refractivity contribution in [1.29, 1.82) is 0 Å². The fourth-order valence-electron chi connectivity index (χ4n) is 5.13. The van der Waals surface area contributed by atoms with E-state index in [0.29, 0.717) is 11.9 Å². The molecule has 1 aliphatic carbocycles. The third-order valence-corrected chi connectivity index (χ3v) is 7.01. The molecule has 6 heteroatoms. The number of benzene rings is 2. The van der Waals surface area contributed by atoms with Crippen LogP contribution in [0, 0.1) is 0 Å². The Morgan fingerprint density at radius 2 is 1.66 bits per heavy atom. The minimum absolute atomic E-state index is 0.585. The van der Waals surface area contributed by atoms with Crippen LogP contribution in [0.2, 0.25) is 0 Å². The van der Waals surface area contributed by atoms with E-state index in [-0.39, 0.29) is 0 Å². The van der Waals surface area contributed by atoms with Crippen molar-refractivity contribution in [2.24, 2.45) is 0 Å². The Labute approximate surface area is 191 Å². The summed E-state index contributed by atoms with van der Waals surface area (Å²) in [7, 11) is 6.44. The molecule has 0 radical (unpaired) electrons. The van der Waals surface area contributed by atoms with Gasteiger partial charge in [0.25, 0.3) is 0 Å². The number of anilines is 4. The first-order valence-corrected chi connectivity index (χ1v) is 11.9. The molecule has 0 unspecified atom stereocenters. The Hall–Kier alpha value is -2.86. The Bertz CT molecular complexity index is 1060. The summed E-state index contributed by atoms with van der Waals surface area (Å²) in [6.07, 6.45) is 7.08. The van der Waals surface area contributed by atoms with E-state index in [2.05, 4.69) is 82.5 Å². The minimum Gasteiger partial charge on any atom is -0.377 e. The quantitative estimate of drug-likeness (QED) is 0.624. The van der Waals surface area contributed by atoms with Gasteiger partial charge in [-0.1, -0.05) is 12.8 Å². The van der Waals surface area contributed by atoms with Crippen molar-refractivity contribution in [3.8, 4) is 0 Å². The molecular formula is C26H34N6. The SMILES string of the molecule is CN1CCN(c2ccc(Nc3ncc4ccc(N(C)C)c(C5CCCC5)c4n3)cc2)CC1. The lowest BCUT2D eigenvalue weighted by molar-refractivity contribution is 0.313. The smallest absolute Gasteiger partial charge is 0.227 e. The van der Waals surface area contributed by atoms with Gasteiger partial charge < -0.3 is 20.0 Å². The summed E-state index contributed by atoms with van der Waals surface area (Å²) in [6, 6.07) is 13.0. The van der Waals surface area contributed by atoms with Crippen LogP contribution in [-0.2, 0) is 0 Å². The van der Waals surface area contributed by atoms with Gasteiger partial charge >= 0.3 is 0 Å². The lowest BCUT2D eigenvalue weighted by Gasteiger charge is -2.34. The van der Waals surface area contributed by atoms with Crippen molar-refractivity contribution in [2.75, 3.05) is 62.4 Å². The van der Waals surface area contributed by atoms with E-state index < -0.39 is 0 Å². The van der Waals surface area contributed by atoms with Gasteiger partial charge in [0.2, 0.25) is 5.95 Å². The highest BCUT2D eigenvalue weighted by Crippen LogP contribution is 2.42. The number of piperazine rings is 1. The second-order valence-electron chi connectivity index (χ2n) is 9.47. The number of aromatic nitrogens is 2. The molecule has 2 aliphatic rings. The predicted molar refractivity (Wildman–Crippen MR) is 135 cm³/mol. The molecule has 1 saturated carbocycles. The highest BCUT2D eigenvalue weighted by Gasteiger charge is 2.24. The van der Waals surface area contributed by atoms with Crippen LogP contribution in [-0.4, -0.2) is 62.2 Å². The molecule has 32 heavy (non-hydrogen) atoms. The molecule has 1 aromatic heterocycles. The predicted octanol–water partition coefficient (Wildman–Crippen LogP) is 4.85. The molecule has 2 fully saturated rings. The van der Waals surface area contributed by atoms with Crippen molar-refractivity contribution in [2.45, 2.75) is 31.6 Å². The topological polar surface area (TPSA) is 47.5 Å². The summed E-state index contributed by atoms with van der Waals surface area (Å²) in [6.45, 7) is 4.39. The van der Waals surface area contributed by atoms with Crippen LogP contribution in [0.1, 0.15) is 37.2 Å². The fourth-order valence-corrected chi connectivity index (χ4v) is 5.13. The average Bonchev–Trinajstić information content (AvgIpc) is 3.34. The molecular weight excluding hydrogens is 396 g/mol. The molecule has 2 aromatic carbocycles. The third kappa shape index (κ3) is 4.24. The lowest BCUT2D eigenvalue weighted by atomic mass is 9.93. The molecule has 1 saturated heterocycles. The molecule has 0 spiro atoms. The van der Waals surface area contributed by atoms with Crippen LogP contribution in [0.4, 0.5) is 23.0 Å². The van der Waals surface area contributed by atoms with Gasteiger partial charge in [-0.15, -0.1) is 0 Å². The summed E-state index contributed by atoms with van der Waals surface area (Å²) in [5.74, 6) is 1.25. The van der Waals surface area contributed by atoms with Crippen molar-refractivity contribution in [1.82, 2.24) is 14.9 Å². The van der Waals surface area contributed by atoms with Gasteiger partial charge in [0.05, 0.1) is 5.52 Å². The lowest BCUT2D eigenvalue weighted by Crippen LogP contribution is -2.44. The fraction of sp³-hybridized carbons (Fsp3) is 0.462. The van der Waals surface area contributed by atoms with E-state index in [1.807, 2.05) is 6.20 Å². The van der Waals surface area contributed by atoms with E-state index in [9.17, 15) is 0 Å². The number of likely N-dealkylation sites (N-methyl/N-ethyl adjacent to an activating group) is 1. The molecule has 0 atom stereocenters. The molecule has 1 aliphatic heterocycles. The molecule has 0 bridgehead atoms. The van der Waals surface area contributed by atoms with Gasteiger partial charge in [-0.3, -0.25) is 0 Å². The van der Waals surface area contributed by atoms with E-state index >= 15 is 0 Å². The van der Waals surface area contributed by atoms with Crippen LogP contribution in [0.15, 0.2) is 42.6 Å². The van der Waals surface area contributed by atoms with Crippen LogP contribution in [0.3, 0.4) is 0 Å². The highest BCUT2D eigenvalue weighted by molar-refractivity contribution is 5.88.